The summed E-state index contributed by atoms with van der Waals surface area (Å²) in [6, 6.07) is 0.467. The molecule has 3 N–H and O–H groups in total. The highest BCUT2D eigenvalue weighted by Crippen LogP contribution is 2.32. The Bertz CT molecular complexity index is 882. The van der Waals surface area contributed by atoms with Crippen LogP contribution in [0.2, 0.25) is 0 Å². The highest BCUT2D eigenvalue weighted by atomic mass is 19.4. The second kappa shape index (κ2) is 10.8. The molecule has 0 spiro atoms. The summed E-state index contributed by atoms with van der Waals surface area (Å²) in [6.45, 7) is -3.76. The molecule has 1 aliphatic heterocycles. The van der Waals surface area contributed by atoms with Crippen molar-refractivity contribution >= 4 is 29.1 Å². The van der Waals surface area contributed by atoms with Crippen molar-refractivity contribution in [3.63, 3.8) is 0 Å². The zero-order valence-electron chi connectivity index (χ0n) is 16.8. The number of amides is 3. The minimum Gasteiger partial charge on any atom is -0.370 e. The van der Waals surface area contributed by atoms with Gasteiger partial charge in [0, 0.05) is 23.5 Å². The predicted octanol–water partition coefficient (Wildman–Crippen LogP) is 1.91. The van der Waals surface area contributed by atoms with E-state index < -0.39 is 67.1 Å². The molecule has 1 atom stereocenters. The number of carbonyl (C=O) groups is 3. The van der Waals surface area contributed by atoms with E-state index in [0.717, 1.165) is 17.0 Å². The van der Waals surface area contributed by atoms with Gasteiger partial charge in [-0.1, -0.05) is 0 Å². The summed E-state index contributed by atoms with van der Waals surface area (Å²) in [5.74, 6) is -3.81. The molecule has 15 heteroatoms. The Morgan fingerprint density at radius 1 is 1.21 bits per heavy atom. The Morgan fingerprint density at radius 3 is 2.39 bits per heavy atom. The lowest BCUT2D eigenvalue weighted by Crippen LogP contribution is -2.55. The van der Waals surface area contributed by atoms with E-state index in [-0.39, 0.29) is 30.3 Å². The van der Waals surface area contributed by atoms with Crippen LogP contribution in [0.15, 0.2) is 18.2 Å². The maximum Gasteiger partial charge on any atom is 0.401 e. The van der Waals surface area contributed by atoms with Gasteiger partial charge in [-0.15, -0.1) is 0 Å². The number of rotatable bonds is 9. The van der Waals surface area contributed by atoms with Gasteiger partial charge in [0.2, 0.25) is 5.91 Å². The van der Waals surface area contributed by atoms with Crippen LogP contribution in [0.3, 0.4) is 0 Å². The van der Waals surface area contributed by atoms with Gasteiger partial charge in [-0.25, -0.2) is 17.6 Å². The van der Waals surface area contributed by atoms with Gasteiger partial charge in [0.05, 0.1) is 19.7 Å². The Labute approximate surface area is 182 Å². The van der Waals surface area contributed by atoms with Crippen LogP contribution < -0.4 is 16.0 Å². The van der Waals surface area contributed by atoms with Crippen molar-refractivity contribution in [1.82, 2.24) is 4.90 Å². The molecule has 1 aliphatic rings. The fourth-order valence-corrected chi connectivity index (χ4v) is 3.15. The van der Waals surface area contributed by atoms with Crippen LogP contribution in [0, 0.1) is 0 Å². The lowest BCUT2D eigenvalue weighted by atomic mass is 10.1. The molecule has 0 radical (unpaired) electrons. The van der Waals surface area contributed by atoms with Crippen LogP contribution in [0.5, 0.6) is 0 Å². The number of ether oxygens (including phenoxy) is 1. The molecule has 184 valence electrons. The molecule has 1 aromatic rings. The number of anilines is 2. The van der Waals surface area contributed by atoms with E-state index in [0.29, 0.717) is 0 Å². The van der Waals surface area contributed by atoms with Crippen LogP contribution in [0.25, 0.3) is 0 Å². The summed E-state index contributed by atoms with van der Waals surface area (Å²) < 4.78 is 96.0. The molecule has 1 heterocycles. The molecule has 1 aromatic carbocycles. The van der Waals surface area contributed by atoms with E-state index >= 15 is 0 Å². The number of hydrogen-bond donors (Lipinski definition) is 2. The van der Waals surface area contributed by atoms with Gasteiger partial charge in [0.25, 0.3) is 24.7 Å². The summed E-state index contributed by atoms with van der Waals surface area (Å²) in [5, 5.41) is 1.85. The fraction of sp³-hybridized carbons (Fsp3) is 0.500. The van der Waals surface area contributed by atoms with Gasteiger partial charge in [0.15, 0.2) is 6.04 Å². The van der Waals surface area contributed by atoms with Gasteiger partial charge >= 0.3 is 6.18 Å². The number of hydrogen-bond acceptors (Lipinski definition) is 5. The summed E-state index contributed by atoms with van der Waals surface area (Å²) >= 11 is 0. The first-order valence-electron chi connectivity index (χ1n) is 9.29. The third-order valence-electron chi connectivity index (χ3n) is 4.46. The summed E-state index contributed by atoms with van der Waals surface area (Å²) in [6.07, 6.45) is -11.6. The average molecular weight is 488 g/mol. The van der Waals surface area contributed by atoms with Crippen molar-refractivity contribution in [2.45, 2.75) is 25.1 Å². The van der Waals surface area contributed by atoms with Crippen molar-refractivity contribution in [3.05, 3.63) is 23.8 Å². The summed E-state index contributed by atoms with van der Waals surface area (Å²) in [4.78, 5) is 37.0. The number of nitrogens with zero attached hydrogens (tertiary/aromatic N) is 2. The lowest BCUT2D eigenvalue weighted by Gasteiger charge is -2.29. The molecule has 0 unspecified atom stereocenters. The number of primary amides is 1. The normalized spacial score (nSPS) is 15.9. The number of nitrogens with two attached hydrogens (primary N) is 1. The molecule has 1 fully saturated rings. The van der Waals surface area contributed by atoms with Gasteiger partial charge in [-0.05, 0) is 18.2 Å². The predicted molar refractivity (Wildman–Crippen MR) is 99.8 cm³/mol. The van der Waals surface area contributed by atoms with E-state index in [1.165, 1.54) is 6.07 Å². The Balaban J connectivity index is 2.34. The molecular formula is C18H19F7N4O4. The minimum absolute atomic E-state index is 0.0412. The summed E-state index contributed by atoms with van der Waals surface area (Å²) in [5.41, 5.74) is 3.58. The molecule has 8 nitrogen and oxygen atoms in total. The van der Waals surface area contributed by atoms with Crippen LogP contribution in [0.1, 0.15) is 12.0 Å². The number of morpholine rings is 1. The zero-order valence-corrected chi connectivity index (χ0v) is 16.8. The second-order valence-corrected chi connectivity index (χ2v) is 6.90. The van der Waals surface area contributed by atoms with E-state index in [1.807, 2.05) is 5.32 Å². The molecule has 0 aromatic heterocycles. The Hall–Kier alpha value is -2.94. The van der Waals surface area contributed by atoms with Crippen molar-refractivity contribution in [2.75, 3.05) is 43.1 Å². The van der Waals surface area contributed by atoms with Crippen molar-refractivity contribution < 1.29 is 49.9 Å². The van der Waals surface area contributed by atoms with E-state index in [9.17, 15) is 45.1 Å². The highest BCUT2D eigenvalue weighted by molar-refractivity contribution is 6.10. The number of nitrogens with one attached hydrogen (secondary N) is 1. The molecule has 0 saturated carbocycles. The van der Waals surface area contributed by atoms with Crippen molar-refractivity contribution in [2.24, 2.45) is 5.73 Å². The van der Waals surface area contributed by atoms with Crippen LogP contribution >= 0.6 is 0 Å². The van der Waals surface area contributed by atoms with E-state index in [4.69, 9.17) is 10.5 Å². The van der Waals surface area contributed by atoms with E-state index in [1.54, 1.807) is 0 Å². The van der Waals surface area contributed by atoms with Gasteiger partial charge in [-0.2, -0.15) is 13.2 Å². The quantitative estimate of drug-likeness (QED) is 0.408. The number of carbonyl (C=O) groups excluding carboxylic acids is 3. The molecule has 33 heavy (non-hydrogen) atoms. The summed E-state index contributed by atoms with van der Waals surface area (Å²) in [7, 11) is 0. The van der Waals surface area contributed by atoms with Gasteiger partial charge in [-0.3, -0.25) is 19.3 Å². The van der Waals surface area contributed by atoms with Crippen molar-refractivity contribution in [1.29, 1.82) is 0 Å². The smallest absolute Gasteiger partial charge is 0.370 e. The minimum atomic E-state index is -5.07. The first-order valence-corrected chi connectivity index (χ1v) is 9.29. The standard InChI is InChI=1S/C18H19F7N4O4/c19-12(20)6-28(8-18(23,24)25)14(16(26)31)17(32)27-11-2-1-9(5-10(11)15(21)22)29-3-4-33-7-13(29)30/h1-2,5,12,14-15H,3-4,6-8H2,(H2,26,31)(H,27,32)/t14-/m0/s1. The molecule has 3 amide bonds. The van der Waals surface area contributed by atoms with Crippen LogP contribution in [-0.4, -0.2) is 74.1 Å². The molecule has 0 aliphatic carbocycles. The molecular weight excluding hydrogens is 469 g/mol. The third-order valence-corrected chi connectivity index (χ3v) is 4.46. The second-order valence-electron chi connectivity index (χ2n) is 6.90. The fourth-order valence-electron chi connectivity index (χ4n) is 3.15. The largest absolute Gasteiger partial charge is 0.401 e. The van der Waals surface area contributed by atoms with Crippen LogP contribution in [0.4, 0.5) is 42.1 Å². The van der Waals surface area contributed by atoms with Crippen LogP contribution in [-0.2, 0) is 19.1 Å². The number of benzene rings is 1. The maximum absolute atomic E-state index is 13.6. The molecule has 0 bridgehead atoms. The third kappa shape index (κ3) is 7.28. The Kier molecular flexibility index (Phi) is 8.60. The molecule has 2 rings (SSSR count). The van der Waals surface area contributed by atoms with E-state index in [2.05, 4.69) is 0 Å². The van der Waals surface area contributed by atoms with Gasteiger partial charge in [0.1, 0.15) is 6.61 Å². The zero-order chi connectivity index (χ0) is 24.9. The van der Waals surface area contributed by atoms with Crippen molar-refractivity contribution in [3.8, 4) is 0 Å². The number of halogens is 7. The topological polar surface area (TPSA) is 105 Å². The first kappa shape index (κ1) is 26.3. The first-order chi connectivity index (χ1) is 15.3. The lowest BCUT2D eigenvalue weighted by molar-refractivity contribution is -0.160. The maximum atomic E-state index is 13.6. The number of alkyl halides is 7. The average Bonchev–Trinajstić information content (AvgIpc) is 2.66. The SMILES string of the molecule is NC(=O)[C@@H](C(=O)Nc1ccc(N2CCOCC2=O)cc1C(F)F)N(CC(F)F)CC(F)(F)F. The Morgan fingerprint density at radius 2 is 1.88 bits per heavy atom. The highest BCUT2D eigenvalue weighted by Gasteiger charge is 2.40. The van der Waals surface area contributed by atoms with Gasteiger partial charge < -0.3 is 20.7 Å². The monoisotopic (exact) mass is 488 g/mol. The molecule has 1 saturated heterocycles.